The smallest absolute Gasteiger partial charge is 0.271 e. The van der Waals surface area contributed by atoms with Gasteiger partial charge >= 0.3 is 0 Å². The van der Waals surface area contributed by atoms with Crippen LogP contribution in [0.4, 0.5) is 10.3 Å². The second-order valence-corrected chi connectivity index (χ2v) is 7.98. The van der Waals surface area contributed by atoms with Crippen molar-refractivity contribution in [2.75, 3.05) is 25.6 Å². The molecule has 7 nitrogen and oxygen atoms in total. The average Bonchev–Trinajstić information content (AvgIpc) is 3.07. The standard InChI is InChI=1S/C20H24FN5O2S/c1-12-8-16-18(29-12)17(19(27)23-6-4-5-7-28-3)26-20(25-16)24-13(2)14-9-15(21)11-22-10-14/h8-11,13H,4-7H2,1-3H3,(H,23,27)(H,24,25,26)/t13-/m0/s1. The maximum Gasteiger partial charge on any atom is 0.271 e. The number of unbranched alkanes of at least 4 members (excludes halogenated alkanes) is 1. The van der Waals surface area contributed by atoms with Crippen LogP contribution < -0.4 is 10.6 Å². The summed E-state index contributed by atoms with van der Waals surface area (Å²) in [5.41, 5.74) is 1.71. The molecular formula is C20H24FN5O2S. The Morgan fingerprint density at radius 3 is 2.86 bits per heavy atom. The molecule has 9 heteroatoms. The number of anilines is 1. The largest absolute Gasteiger partial charge is 0.385 e. The second-order valence-electron chi connectivity index (χ2n) is 6.73. The second kappa shape index (κ2) is 9.71. The number of carbonyl (C=O) groups excluding carboxylic acids is 1. The van der Waals surface area contributed by atoms with Crippen LogP contribution in [-0.4, -0.2) is 41.1 Å². The third-order valence-electron chi connectivity index (χ3n) is 4.34. The molecule has 154 valence electrons. The number of pyridine rings is 1. The Bertz CT molecular complexity index is 994. The average molecular weight is 418 g/mol. The minimum absolute atomic E-state index is 0.236. The van der Waals surface area contributed by atoms with Gasteiger partial charge in [0.2, 0.25) is 5.95 Å². The predicted octanol–water partition coefficient (Wildman–Crippen LogP) is 3.86. The molecule has 3 heterocycles. The minimum atomic E-state index is -0.408. The van der Waals surface area contributed by atoms with E-state index in [1.165, 1.54) is 17.4 Å². The van der Waals surface area contributed by atoms with Crippen molar-refractivity contribution in [2.24, 2.45) is 0 Å². The van der Waals surface area contributed by atoms with Gasteiger partial charge in [-0.25, -0.2) is 14.4 Å². The number of rotatable bonds is 9. The van der Waals surface area contributed by atoms with Crippen molar-refractivity contribution in [2.45, 2.75) is 32.7 Å². The fourth-order valence-corrected chi connectivity index (χ4v) is 3.80. The third-order valence-corrected chi connectivity index (χ3v) is 5.39. The number of hydrogen-bond donors (Lipinski definition) is 2. The van der Waals surface area contributed by atoms with Gasteiger partial charge in [0.05, 0.1) is 22.5 Å². The molecule has 3 aromatic rings. The Balaban J connectivity index is 1.81. The molecule has 3 aromatic heterocycles. The molecule has 1 amide bonds. The van der Waals surface area contributed by atoms with Gasteiger partial charge < -0.3 is 15.4 Å². The van der Waals surface area contributed by atoms with Crippen molar-refractivity contribution in [3.8, 4) is 0 Å². The number of fused-ring (bicyclic) bond motifs is 1. The molecule has 0 aliphatic heterocycles. The van der Waals surface area contributed by atoms with Crippen LogP contribution in [0.2, 0.25) is 0 Å². The molecule has 2 N–H and O–H groups in total. The number of carbonyl (C=O) groups is 1. The maximum absolute atomic E-state index is 13.5. The molecule has 0 saturated heterocycles. The van der Waals surface area contributed by atoms with E-state index in [-0.39, 0.29) is 11.9 Å². The summed E-state index contributed by atoms with van der Waals surface area (Å²) in [6.07, 6.45) is 4.44. The molecular weight excluding hydrogens is 393 g/mol. The summed E-state index contributed by atoms with van der Waals surface area (Å²) in [5, 5.41) is 6.06. The van der Waals surface area contributed by atoms with E-state index < -0.39 is 5.82 Å². The van der Waals surface area contributed by atoms with Gasteiger partial charge in [-0.3, -0.25) is 9.78 Å². The number of aromatic nitrogens is 3. The molecule has 0 aromatic carbocycles. The fourth-order valence-electron chi connectivity index (χ4n) is 2.87. The van der Waals surface area contributed by atoms with E-state index in [9.17, 15) is 9.18 Å². The number of aryl methyl sites for hydroxylation is 1. The molecule has 3 rings (SSSR count). The van der Waals surface area contributed by atoms with Crippen LogP contribution in [0.5, 0.6) is 0 Å². The monoisotopic (exact) mass is 417 g/mol. The number of nitrogens with zero attached hydrogens (tertiary/aromatic N) is 3. The highest BCUT2D eigenvalue weighted by molar-refractivity contribution is 7.19. The van der Waals surface area contributed by atoms with Crippen molar-refractivity contribution < 1.29 is 13.9 Å². The van der Waals surface area contributed by atoms with Crippen LogP contribution in [0, 0.1) is 12.7 Å². The van der Waals surface area contributed by atoms with Crippen LogP contribution in [0.15, 0.2) is 24.5 Å². The Morgan fingerprint density at radius 2 is 2.10 bits per heavy atom. The highest BCUT2D eigenvalue weighted by atomic mass is 32.1. The summed E-state index contributed by atoms with van der Waals surface area (Å²) in [4.78, 5) is 26.6. The number of nitrogens with one attached hydrogen (secondary N) is 2. The summed E-state index contributed by atoms with van der Waals surface area (Å²) < 4.78 is 19.2. The molecule has 0 radical (unpaired) electrons. The van der Waals surface area contributed by atoms with Gasteiger partial charge in [-0.15, -0.1) is 11.3 Å². The molecule has 0 saturated carbocycles. The van der Waals surface area contributed by atoms with Crippen molar-refractivity contribution in [1.82, 2.24) is 20.3 Å². The quantitative estimate of drug-likeness (QED) is 0.514. The van der Waals surface area contributed by atoms with E-state index in [4.69, 9.17) is 4.74 Å². The molecule has 1 atom stereocenters. The predicted molar refractivity (Wildman–Crippen MR) is 112 cm³/mol. The molecule has 0 aliphatic carbocycles. The van der Waals surface area contributed by atoms with Crippen LogP contribution in [0.25, 0.3) is 10.2 Å². The lowest BCUT2D eigenvalue weighted by molar-refractivity contribution is 0.0948. The number of methoxy groups -OCH3 is 1. The molecule has 0 aliphatic rings. The molecule has 0 fully saturated rings. The number of thiophene rings is 1. The van der Waals surface area contributed by atoms with E-state index in [2.05, 4.69) is 25.6 Å². The Labute approximate surface area is 172 Å². The van der Waals surface area contributed by atoms with Gasteiger partial charge in [0.1, 0.15) is 5.82 Å². The van der Waals surface area contributed by atoms with E-state index in [0.717, 1.165) is 28.6 Å². The Hall–Kier alpha value is -2.65. The van der Waals surface area contributed by atoms with Gasteiger partial charge in [-0.05, 0) is 44.4 Å². The van der Waals surface area contributed by atoms with Crippen molar-refractivity contribution >= 4 is 33.4 Å². The molecule has 0 unspecified atom stereocenters. The van der Waals surface area contributed by atoms with Crippen LogP contribution >= 0.6 is 11.3 Å². The van der Waals surface area contributed by atoms with Gasteiger partial charge in [-0.2, -0.15) is 0 Å². The van der Waals surface area contributed by atoms with E-state index >= 15 is 0 Å². The topological polar surface area (TPSA) is 89.0 Å². The van der Waals surface area contributed by atoms with Gasteiger partial charge in [0.25, 0.3) is 5.91 Å². The summed E-state index contributed by atoms with van der Waals surface area (Å²) in [6.45, 7) is 5.04. The molecule has 29 heavy (non-hydrogen) atoms. The van der Waals surface area contributed by atoms with Crippen molar-refractivity contribution in [3.63, 3.8) is 0 Å². The van der Waals surface area contributed by atoms with E-state index in [1.807, 2.05) is 19.9 Å². The zero-order chi connectivity index (χ0) is 20.8. The molecule has 0 bridgehead atoms. The molecule has 0 spiro atoms. The van der Waals surface area contributed by atoms with E-state index in [0.29, 0.717) is 35.9 Å². The zero-order valence-electron chi connectivity index (χ0n) is 16.7. The summed E-state index contributed by atoms with van der Waals surface area (Å²) in [6, 6.07) is 3.06. The van der Waals surface area contributed by atoms with Gasteiger partial charge in [0.15, 0.2) is 5.69 Å². The Kier molecular flexibility index (Phi) is 7.05. The number of amides is 1. The summed E-state index contributed by atoms with van der Waals surface area (Å²) in [7, 11) is 1.66. The lowest BCUT2D eigenvalue weighted by Gasteiger charge is -2.15. The minimum Gasteiger partial charge on any atom is -0.385 e. The summed E-state index contributed by atoms with van der Waals surface area (Å²) in [5.74, 6) is -0.328. The normalized spacial score (nSPS) is 12.1. The van der Waals surface area contributed by atoms with Gasteiger partial charge in [0, 0.05) is 31.3 Å². The third kappa shape index (κ3) is 5.45. The maximum atomic E-state index is 13.5. The highest BCUT2D eigenvalue weighted by Gasteiger charge is 2.18. The van der Waals surface area contributed by atoms with Crippen LogP contribution in [0.1, 0.15) is 46.7 Å². The van der Waals surface area contributed by atoms with Gasteiger partial charge in [-0.1, -0.05) is 0 Å². The fraction of sp³-hybridized carbons (Fsp3) is 0.400. The number of ether oxygens (including phenoxy) is 1. The van der Waals surface area contributed by atoms with Crippen molar-refractivity contribution in [3.05, 3.63) is 46.5 Å². The highest BCUT2D eigenvalue weighted by Crippen LogP contribution is 2.28. The van der Waals surface area contributed by atoms with Crippen LogP contribution in [-0.2, 0) is 4.74 Å². The van der Waals surface area contributed by atoms with Crippen LogP contribution in [0.3, 0.4) is 0 Å². The van der Waals surface area contributed by atoms with E-state index in [1.54, 1.807) is 13.3 Å². The SMILES string of the molecule is COCCCCNC(=O)c1nc(N[C@@H](C)c2cncc(F)c2)nc2cc(C)sc12. The lowest BCUT2D eigenvalue weighted by Crippen LogP contribution is -2.26. The lowest BCUT2D eigenvalue weighted by atomic mass is 10.1. The first kappa shape index (κ1) is 21.1. The summed E-state index contributed by atoms with van der Waals surface area (Å²) >= 11 is 1.49. The first-order valence-electron chi connectivity index (χ1n) is 9.40. The number of halogens is 1. The first-order valence-corrected chi connectivity index (χ1v) is 10.2. The van der Waals surface area contributed by atoms with Crippen molar-refractivity contribution in [1.29, 1.82) is 0 Å². The zero-order valence-corrected chi connectivity index (χ0v) is 17.5. The first-order chi connectivity index (χ1) is 14.0. The number of hydrogen-bond acceptors (Lipinski definition) is 7. The Morgan fingerprint density at radius 1 is 1.28 bits per heavy atom.